The monoisotopic (exact) mass is 307 g/mol. The molecule has 1 unspecified atom stereocenters. The van der Waals surface area contributed by atoms with Crippen LogP contribution < -0.4 is 0 Å². The van der Waals surface area contributed by atoms with Gasteiger partial charge in [0.1, 0.15) is 6.29 Å². The first kappa shape index (κ1) is 15.2. The zero-order valence-electron chi connectivity index (χ0n) is 12.9. The minimum absolute atomic E-state index is 0.192. The van der Waals surface area contributed by atoms with Crippen LogP contribution in [0.4, 0.5) is 0 Å². The van der Waals surface area contributed by atoms with Crippen molar-refractivity contribution in [3.05, 3.63) is 70.8 Å². The Bertz CT molecular complexity index is 747. The van der Waals surface area contributed by atoms with Gasteiger partial charge < -0.3 is 0 Å². The molecule has 0 aliphatic carbocycles. The van der Waals surface area contributed by atoms with E-state index in [1.165, 1.54) is 4.90 Å². The van der Waals surface area contributed by atoms with Gasteiger partial charge in [0.2, 0.25) is 0 Å². The number of carbonyl (C=O) groups is 3. The molecule has 0 N–H and O–H groups in total. The molecule has 0 saturated heterocycles. The maximum atomic E-state index is 12.4. The molecular formula is C19H17NO3. The van der Waals surface area contributed by atoms with Gasteiger partial charge in [0.05, 0.1) is 11.1 Å². The fraction of sp³-hybridized carbons (Fsp3) is 0.211. The van der Waals surface area contributed by atoms with Crippen molar-refractivity contribution in [2.24, 2.45) is 0 Å². The van der Waals surface area contributed by atoms with E-state index in [1.807, 2.05) is 25.1 Å². The van der Waals surface area contributed by atoms with E-state index in [0.29, 0.717) is 29.5 Å². The molecule has 0 saturated carbocycles. The fourth-order valence-corrected chi connectivity index (χ4v) is 2.93. The lowest BCUT2D eigenvalue weighted by molar-refractivity contribution is 0.0590. The van der Waals surface area contributed by atoms with E-state index in [4.69, 9.17) is 0 Å². The molecule has 1 aliphatic heterocycles. The zero-order valence-corrected chi connectivity index (χ0v) is 12.9. The second kappa shape index (κ2) is 6.16. The Morgan fingerprint density at radius 2 is 1.65 bits per heavy atom. The summed E-state index contributed by atoms with van der Waals surface area (Å²) in [6.45, 7) is 1.88. The average Bonchev–Trinajstić information content (AvgIpc) is 2.84. The van der Waals surface area contributed by atoms with Gasteiger partial charge in [-0.15, -0.1) is 0 Å². The summed E-state index contributed by atoms with van der Waals surface area (Å²) in [7, 11) is 0. The fourth-order valence-electron chi connectivity index (χ4n) is 2.93. The van der Waals surface area contributed by atoms with Gasteiger partial charge in [0.25, 0.3) is 11.8 Å². The first-order valence-corrected chi connectivity index (χ1v) is 7.63. The lowest BCUT2D eigenvalue weighted by Gasteiger charge is -2.22. The number of fused-ring (bicyclic) bond motifs is 1. The van der Waals surface area contributed by atoms with Gasteiger partial charge in [-0.05, 0) is 43.5 Å². The van der Waals surface area contributed by atoms with Gasteiger partial charge in [0.15, 0.2) is 0 Å². The van der Waals surface area contributed by atoms with Crippen LogP contribution in [-0.2, 0) is 6.42 Å². The van der Waals surface area contributed by atoms with Crippen molar-refractivity contribution in [3.63, 3.8) is 0 Å². The highest BCUT2D eigenvalue weighted by atomic mass is 16.2. The summed E-state index contributed by atoms with van der Waals surface area (Å²) in [5.41, 5.74) is 2.62. The Hall–Kier alpha value is -2.75. The maximum Gasteiger partial charge on any atom is 0.261 e. The molecule has 0 fully saturated rings. The van der Waals surface area contributed by atoms with Gasteiger partial charge in [-0.2, -0.15) is 0 Å². The Morgan fingerprint density at radius 3 is 2.26 bits per heavy atom. The van der Waals surface area contributed by atoms with Crippen LogP contribution in [-0.4, -0.2) is 29.0 Å². The summed E-state index contributed by atoms with van der Waals surface area (Å²) in [5, 5.41) is 0. The number of hydrogen-bond acceptors (Lipinski definition) is 3. The van der Waals surface area contributed by atoms with E-state index in [2.05, 4.69) is 0 Å². The first-order chi connectivity index (χ1) is 11.1. The molecule has 2 aromatic carbocycles. The first-order valence-electron chi connectivity index (χ1n) is 7.63. The molecule has 0 radical (unpaired) electrons. The number of aldehydes is 1. The number of hydrogen-bond donors (Lipinski definition) is 0. The topological polar surface area (TPSA) is 54.5 Å². The average molecular weight is 307 g/mol. The highest BCUT2D eigenvalue weighted by molar-refractivity contribution is 6.21. The smallest absolute Gasteiger partial charge is 0.261 e. The Morgan fingerprint density at radius 1 is 1.00 bits per heavy atom. The van der Waals surface area contributed by atoms with Crippen LogP contribution in [0.2, 0.25) is 0 Å². The minimum Gasteiger partial charge on any atom is -0.298 e. The molecule has 0 bridgehead atoms. The second-order valence-corrected chi connectivity index (χ2v) is 5.78. The normalized spacial score (nSPS) is 14.7. The standard InChI is InChI=1S/C19H17NO3/c1-13(9-10-14-5-4-6-15(11-14)12-21)20-18(22)16-7-2-3-8-17(16)19(20)23/h2-8,11-13H,9-10H2,1H3. The highest BCUT2D eigenvalue weighted by Crippen LogP contribution is 2.25. The van der Waals surface area contributed by atoms with Gasteiger partial charge in [0, 0.05) is 11.6 Å². The van der Waals surface area contributed by atoms with Crippen molar-refractivity contribution in [1.82, 2.24) is 4.90 Å². The summed E-state index contributed by atoms with van der Waals surface area (Å²) < 4.78 is 0. The van der Waals surface area contributed by atoms with Crippen LogP contribution in [0.1, 0.15) is 50.0 Å². The van der Waals surface area contributed by atoms with Crippen molar-refractivity contribution in [2.45, 2.75) is 25.8 Å². The highest BCUT2D eigenvalue weighted by Gasteiger charge is 2.37. The third-order valence-electron chi connectivity index (χ3n) is 4.20. The molecule has 116 valence electrons. The van der Waals surface area contributed by atoms with E-state index >= 15 is 0 Å². The molecule has 1 atom stereocenters. The van der Waals surface area contributed by atoms with Crippen molar-refractivity contribution in [1.29, 1.82) is 0 Å². The summed E-state index contributed by atoms with van der Waals surface area (Å²) in [5.74, 6) is -0.445. The van der Waals surface area contributed by atoms with Crippen LogP contribution in [0.15, 0.2) is 48.5 Å². The van der Waals surface area contributed by atoms with Crippen molar-refractivity contribution in [2.75, 3.05) is 0 Å². The predicted molar refractivity (Wildman–Crippen MR) is 86.6 cm³/mol. The van der Waals surface area contributed by atoms with Gasteiger partial charge in [-0.3, -0.25) is 19.3 Å². The van der Waals surface area contributed by atoms with Crippen LogP contribution >= 0.6 is 0 Å². The van der Waals surface area contributed by atoms with Crippen molar-refractivity contribution >= 4 is 18.1 Å². The van der Waals surface area contributed by atoms with E-state index < -0.39 is 0 Å². The molecule has 23 heavy (non-hydrogen) atoms. The summed E-state index contributed by atoms with van der Waals surface area (Å²) in [6.07, 6.45) is 2.18. The van der Waals surface area contributed by atoms with Crippen LogP contribution in [0.3, 0.4) is 0 Å². The Balaban J connectivity index is 1.72. The number of aryl methyl sites for hydroxylation is 1. The lowest BCUT2D eigenvalue weighted by atomic mass is 10.0. The van der Waals surface area contributed by atoms with Gasteiger partial charge in [-0.25, -0.2) is 0 Å². The minimum atomic E-state index is -0.222. The summed E-state index contributed by atoms with van der Waals surface area (Å²) in [4.78, 5) is 37.0. The van der Waals surface area contributed by atoms with Crippen LogP contribution in [0, 0.1) is 0 Å². The third kappa shape index (κ3) is 2.80. The molecule has 2 aromatic rings. The molecule has 0 aromatic heterocycles. The van der Waals surface area contributed by atoms with Crippen molar-refractivity contribution in [3.8, 4) is 0 Å². The summed E-state index contributed by atoms with van der Waals surface area (Å²) >= 11 is 0. The Kier molecular flexibility index (Phi) is 4.06. The second-order valence-electron chi connectivity index (χ2n) is 5.78. The molecule has 0 spiro atoms. The number of nitrogens with zero attached hydrogens (tertiary/aromatic N) is 1. The van der Waals surface area contributed by atoms with E-state index in [-0.39, 0.29) is 17.9 Å². The van der Waals surface area contributed by atoms with Crippen LogP contribution in [0.5, 0.6) is 0 Å². The molecule has 2 amide bonds. The molecule has 4 nitrogen and oxygen atoms in total. The number of carbonyl (C=O) groups excluding carboxylic acids is 3. The molecule has 1 aliphatic rings. The molecule has 1 heterocycles. The number of rotatable bonds is 5. The van der Waals surface area contributed by atoms with Gasteiger partial charge in [-0.1, -0.05) is 30.3 Å². The van der Waals surface area contributed by atoms with Crippen molar-refractivity contribution < 1.29 is 14.4 Å². The molecule has 3 rings (SSSR count). The predicted octanol–water partition coefficient (Wildman–Crippen LogP) is 3.12. The van der Waals surface area contributed by atoms with E-state index in [1.54, 1.807) is 30.3 Å². The third-order valence-corrected chi connectivity index (χ3v) is 4.20. The van der Waals surface area contributed by atoms with Crippen LogP contribution in [0.25, 0.3) is 0 Å². The molecular weight excluding hydrogens is 290 g/mol. The van der Waals surface area contributed by atoms with E-state index in [9.17, 15) is 14.4 Å². The Labute approximate surface area is 134 Å². The van der Waals surface area contributed by atoms with Gasteiger partial charge >= 0.3 is 0 Å². The zero-order chi connectivity index (χ0) is 16.4. The molecule has 4 heteroatoms. The SMILES string of the molecule is CC(CCc1cccc(C=O)c1)N1C(=O)c2ccccc2C1=O. The maximum absolute atomic E-state index is 12.4. The summed E-state index contributed by atoms with van der Waals surface area (Å²) in [6, 6.07) is 14.1. The van der Waals surface area contributed by atoms with E-state index in [0.717, 1.165) is 11.8 Å². The quantitative estimate of drug-likeness (QED) is 0.630. The number of benzene rings is 2. The number of amides is 2. The number of imide groups is 1. The lowest BCUT2D eigenvalue weighted by Crippen LogP contribution is -2.38. The largest absolute Gasteiger partial charge is 0.298 e.